The Kier molecular flexibility index (Phi) is 4.67. The SMILES string of the molecule is CC(C)(C)c1ccc(-c2ccc(-c3cc4cccc5c6c7ccc(N)cc7oc6c6cccc3c6c45)cc2)cc1. The summed E-state index contributed by atoms with van der Waals surface area (Å²) in [6.07, 6.45) is 0. The highest BCUT2D eigenvalue weighted by Crippen LogP contribution is 2.47. The zero-order chi connectivity index (χ0) is 27.2. The lowest BCUT2D eigenvalue weighted by atomic mass is 9.86. The van der Waals surface area contributed by atoms with Crippen molar-refractivity contribution in [1.82, 2.24) is 0 Å². The van der Waals surface area contributed by atoms with Crippen LogP contribution in [0.5, 0.6) is 0 Å². The summed E-state index contributed by atoms with van der Waals surface area (Å²) in [5, 5.41) is 9.66. The smallest absolute Gasteiger partial charge is 0.143 e. The summed E-state index contributed by atoms with van der Waals surface area (Å²) in [5.74, 6) is 0. The minimum Gasteiger partial charge on any atom is -0.455 e. The maximum atomic E-state index is 6.51. The van der Waals surface area contributed by atoms with Crippen LogP contribution in [0.15, 0.2) is 114 Å². The van der Waals surface area contributed by atoms with Crippen molar-refractivity contribution in [2.45, 2.75) is 26.2 Å². The molecule has 2 heteroatoms. The van der Waals surface area contributed by atoms with Crippen molar-refractivity contribution in [3.63, 3.8) is 0 Å². The van der Waals surface area contributed by atoms with Crippen molar-refractivity contribution in [1.29, 1.82) is 0 Å². The van der Waals surface area contributed by atoms with Gasteiger partial charge in [-0.25, -0.2) is 0 Å². The van der Waals surface area contributed by atoms with Crippen LogP contribution in [-0.2, 0) is 5.41 Å². The van der Waals surface area contributed by atoms with Gasteiger partial charge in [-0.2, -0.15) is 0 Å². The number of anilines is 1. The molecule has 40 heavy (non-hydrogen) atoms. The Labute approximate surface area is 233 Å². The van der Waals surface area contributed by atoms with Crippen molar-refractivity contribution in [3.8, 4) is 22.3 Å². The second-order valence-electron chi connectivity index (χ2n) is 12.0. The van der Waals surface area contributed by atoms with E-state index < -0.39 is 0 Å². The summed E-state index contributed by atoms with van der Waals surface area (Å²) < 4.78 is 6.51. The Morgan fingerprint density at radius 1 is 0.550 bits per heavy atom. The first-order valence-corrected chi connectivity index (χ1v) is 13.9. The Morgan fingerprint density at radius 2 is 1.20 bits per heavy atom. The van der Waals surface area contributed by atoms with Gasteiger partial charge in [-0.3, -0.25) is 0 Å². The predicted octanol–water partition coefficient (Wildman–Crippen LogP) is 10.7. The largest absolute Gasteiger partial charge is 0.455 e. The van der Waals surface area contributed by atoms with Crippen LogP contribution in [0, 0.1) is 0 Å². The third-order valence-corrected chi connectivity index (χ3v) is 8.51. The van der Waals surface area contributed by atoms with Gasteiger partial charge >= 0.3 is 0 Å². The summed E-state index contributed by atoms with van der Waals surface area (Å²) in [7, 11) is 0. The van der Waals surface area contributed by atoms with Crippen LogP contribution in [0.25, 0.3) is 76.5 Å². The van der Waals surface area contributed by atoms with Gasteiger partial charge in [0.25, 0.3) is 0 Å². The van der Waals surface area contributed by atoms with E-state index in [4.69, 9.17) is 10.2 Å². The summed E-state index contributed by atoms with van der Waals surface area (Å²) in [6.45, 7) is 6.76. The number of hydrogen-bond donors (Lipinski definition) is 1. The van der Waals surface area contributed by atoms with Gasteiger partial charge in [0.1, 0.15) is 11.2 Å². The van der Waals surface area contributed by atoms with Crippen LogP contribution in [-0.4, -0.2) is 0 Å². The molecule has 8 aromatic rings. The molecule has 0 saturated carbocycles. The predicted molar refractivity (Wildman–Crippen MR) is 171 cm³/mol. The number of fused-ring (bicyclic) bond motifs is 5. The van der Waals surface area contributed by atoms with Crippen molar-refractivity contribution in [2.24, 2.45) is 0 Å². The molecule has 0 spiro atoms. The van der Waals surface area contributed by atoms with Gasteiger partial charge in [0, 0.05) is 33.3 Å². The zero-order valence-electron chi connectivity index (χ0n) is 22.9. The highest BCUT2D eigenvalue weighted by Gasteiger charge is 2.20. The van der Waals surface area contributed by atoms with E-state index in [2.05, 4.69) is 118 Å². The lowest BCUT2D eigenvalue weighted by Gasteiger charge is -2.19. The van der Waals surface area contributed by atoms with Crippen LogP contribution < -0.4 is 5.73 Å². The molecule has 1 heterocycles. The Morgan fingerprint density at radius 3 is 1.95 bits per heavy atom. The zero-order valence-corrected chi connectivity index (χ0v) is 22.9. The Bertz CT molecular complexity index is 2230. The molecular weight excluding hydrogens is 486 g/mol. The number of benzene rings is 7. The summed E-state index contributed by atoms with van der Waals surface area (Å²) >= 11 is 0. The Balaban J connectivity index is 1.35. The Hall–Kier alpha value is -4.82. The molecule has 1 aromatic heterocycles. The molecule has 2 nitrogen and oxygen atoms in total. The van der Waals surface area contributed by atoms with Crippen LogP contribution in [0.3, 0.4) is 0 Å². The van der Waals surface area contributed by atoms with Gasteiger partial charge in [0.15, 0.2) is 0 Å². The van der Waals surface area contributed by atoms with E-state index in [0.29, 0.717) is 5.69 Å². The molecule has 8 rings (SSSR count). The fourth-order valence-electron chi connectivity index (χ4n) is 6.46. The normalized spacial score (nSPS) is 12.5. The van der Waals surface area contributed by atoms with Crippen molar-refractivity contribution in [3.05, 3.63) is 115 Å². The second-order valence-corrected chi connectivity index (χ2v) is 12.0. The summed E-state index contributed by atoms with van der Waals surface area (Å²) in [4.78, 5) is 0. The van der Waals surface area contributed by atoms with E-state index in [-0.39, 0.29) is 5.41 Å². The van der Waals surface area contributed by atoms with Gasteiger partial charge in [-0.1, -0.05) is 106 Å². The number of hydrogen-bond acceptors (Lipinski definition) is 2. The van der Waals surface area contributed by atoms with Gasteiger partial charge in [-0.15, -0.1) is 0 Å². The van der Waals surface area contributed by atoms with E-state index in [0.717, 1.165) is 27.3 Å². The molecule has 0 fully saturated rings. The van der Waals surface area contributed by atoms with Gasteiger partial charge in [0.05, 0.1) is 0 Å². The fraction of sp³-hybridized carbons (Fsp3) is 0.105. The third kappa shape index (κ3) is 3.29. The topological polar surface area (TPSA) is 39.2 Å². The minimum absolute atomic E-state index is 0.150. The molecule has 7 aromatic carbocycles. The van der Waals surface area contributed by atoms with E-state index >= 15 is 0 Å². The molecule has 0 amide bonds. The first-order valence-electron chi connectivity index (χ1n) is 13.9. The lowest BCUT2D eigenvalue weighted by Crippen LogP contribution is -2.10. The van der Waals surface area contributed by atoms with Gasteiger partial charge < -0.3 is 10.2 Å². The first-order chi connectivity index (χ1) is 19.4. The summed E-state index contributed by atoms with van der Waals surface area (Å²) in [5.41, 5.74) is 15.0. The number of nitrogens with two attached hydrogens (primary N) is 1. The number of nitrogen functional groups attached to an aromatic ring is 1. The monoisotopic (exact) mass is 515 g/mol. The molecule has 0 bridgehead atoms. The number of rotatable bonds is 2. The molecule has 0 atom stereocenters. The van der Waals surface area contributed by atoms with E-state index in [1.54, 1.807) is 0 Å². The van der Waals surface area contributed by atoms with E-state index in [9.17, 15) is 0 Å². The molecule has 0 saturated heterocycles. The average molecular weight is 516 g/mol. The highest BCUT2D eigenvalue weighted by molar-refractivity contribution is 6.37. The first kappa shape index (κ1) is 23.1. The molecule has 0 radical (unpaired) electrons. The second kappa shape index (κ2) is 8.09. The van der Waals surface area contributed by atoms with Gasteiger partial charge in [0.2, 0.25) is 0 Å². The third-order valence-electron chi connectivity index (χ3n) is 8.51. The molecular formula is C38H29NO. The molecule has 2 N–H and O–H groups in total. The molecule has 0 aliphatic rings. The van der Waals surface area contributed by atoms with Crippen LogP contribution in [0.1, 0.15) is 26.3 Å². The van der Waals surface area contributed by atoms with Crippen molar-refractivity contribution >= 4 is 59.9 Å². The van der Waals surface area contributed by atoms with Crippen molar-refractivity contribution in [2.75, 3.05) is 5.73 Å². The van der Waals surface area contributed by atoms with Gasteiger partial charge in [-0.05, 0) is 73.0 Å². The lowest BCUT2D eigenvalue weighted by molar-refractivity contribution is 0.590. The molecule has 192 valence electrons. The molecule has 0 unspecified atom stereocenters. The molecule has 0 aliphatic heterocycles. The van der Waals surface area contributed by atoms with E-state index in [1.165, 1.54) is 54.7 Å². The quantitative estimate of drug-likeness (QED) is 0.184. The highest BCUT2D eigenvalue weighted by atomic mass is 16.3. The maximum Gasteiger partial charge on any atom is 0.143 e. The van der Waals surface area contributed by atoms with E-state index in [1.807, 2.05) is 12.1 Å². The van der Waals surface area contributed by atoms with Crippen LogP contribution in [0.2, 0.25) is 0 Å². The fourth-order valence-corrected chi connectivity index (χ4v) is 6.46. The molecule has 0 aliphatic carbocycles. The van der Waals surface area contributed by atoms with Crippen molar-refractivity contribution < 1.29 is 4.42 Å². The summed E-state index contributed by atoms with van der Waals surface area (Å²) in [6, 6.07) is 39.5. The van der Waals surface area contributed by atoms with Crippen LogP contribution in [0.4, 0.5) is 5.69 Å². The maximum absolute atomic E-state index is 6.51. The number of furan rings is 1. The average Bonchev–Trinajstić information content (AvgIpc) is 3.35. The van der Waals surface area contributed by atoms with Crippen LogP contribution >= 0.6 is 0 Å². The standard InChI is InChI=1S/C38H29NO/c1-38(2,3)26-16-14-23(15-17-26)22-10-12-24(13-11-22)32-20-25-6-4-8-30-34(25)35-28(32)7-5-9-31(35)37-36(30)29-19-18-27(39)21-33(29)40-37/h4-21H,39H2,1-3H3. The minimum atomic E-state index is 0.150.